The van der Waals surface area contributed by atoms with Gasteiger partial charge in [-0.2, -0.15) is 13.2 Å². The summed E-state index contributed by atoms with van der Waals surface area (Å²) in [7, 11) is 0. The molecule has 23 heavy (non-hydrogen) atoms. The molecule has 124 valence electrons. The lowest BCUT2D eigenvalue weighted by molar-refractivity contribution is -0.166. The second kappa shape index (κ2) is 6.82. The van der Waals surface area contributed by atoms with Crippen LogP contribution in [0, 0.1) is 0 Å². The van der Waals surface area contributed by atoms with E-state index in [4.69, 9.17) is 0 Å². The van der Waals surface area contributed by atoms with Crippen LogP contribution in [-0.4, -0.2) is 23.0 Å². The second-order valence-electron chi connectivity index (χ2n) is 5.07. The van der Waals surface area contributed by atoms with Crippen LogP contribution in [0.15, 0.2) is 41.6 Å². The van der Waals surface area contributed by atoms with Crippen molar-refractivity contribution in [3.63, 3.8) is 0 Å². The summed E-state index contributed by atoms with van der Waals surface area (Å²) in [5.74, 6) is -2.73. The number of nitrogens with one attached hydrogen (secondary N) is 2. The summed E-state index contributed by atoms with van der Waals surface area (Å²) >= 11 is 0. The van der Waals surface area contributed by atoms with Gasteiger partial charge in [0.1, 0.15) is 0 Å². The molecule has 1 aliphatic rings. The minimum absolute atomic E-state index is 0.00220. The van der Waals surface area contributed by atoms with E-state index in [1.807, 2.05) is 0 Å². The normalized spacial score (nSPS) is 16.2. The van der Waals surface area contributed by atoms with Gasteiger partial charge < -0.3 is 10.5 Å². The topological polar surface area (TPSA) is 78.4 Å². The van der Waals surface area contributed by atoms with Crippen molar-refractivity contribution < 1.29 is 27.9 Å². The number of hydrogen-bond acceptors (Lipinski definition) is 4. The van der Waals surface area contributed by atoms with E-state index >= 15 is 0 Å². The molecule has 2 rings (SSSR count). The summed E-state index contributed by atoms with van der Waals surface area (Å²) in [6, 6.07) is 8.07. The van der Waals surface area contributed by atoms with Crippen LogP contribution in [-0.2, 0) is 9.59 Å². The number of allylic oxidation sites excluding steroid dienone is 2. The molecule has 3 N–H and O–H groups in total. The van der Waals surface area contributed by atoms with Crippen LogP contribution in [0.2, 0.25) is 0 Å². The van der Waals surface area contributed by atoms with E-state index in [-0.39, 0.29) is 24.1 Å². The Hall–Kier alpha value is -2.35. The van der Waals surface area contributed by atoms with E-state index in [9.17, 15) is 27.9 Å². The van der Waals surface area contributed by atoms with Crippen molar-refractivity contribution in [1.29, 1.82) is 0 Å². The number of carbonyl (C=O) groups is 2. The largest absolute Gasteiger partial charge is 0.454 e. The Morgan fingerprint density at radius 3 is 2.39 bits per heavy atom. The molecule has 0 spiro atoms. The van der Waals surface area contributed by atoms with Crippen LogP contribution in [0.1, 0.15) is 30.9 Å². The smallest absolute Gasteiger partial charge is 0.378 e. The van der Waals surface area contributed by atoms with Crippen LogP contribution in [0.5, 0.6) is 0 Å². The Morgan fingerprint density at radius 2 is 1.78 bits per heavy atom. The lowest BCUT2D eigenvalue weighted by atomic mass is 10.1. The molecule has 0 saturated heterocycles. The third kappa shape index (κ3) is 4.10. The molecule has 1 aromatic carbocycles. The highest BCUT2D eigenvalue weighted by Gasteiger charge is 2.42. The first-order chi connectivity index (χ1) is 10.8. The van der Waals surface area contributed by atoms with Crippen molar-refractivity contribution in [2.24, 2.45) is 0 Å². The molecular formula is C15H15F3N2O3. The van der Waals surface area contributed by atoms with Gasteiger partial charge in [-0.15, -0.1) is 0 Å². The number of amides is 1. The van der Waals surface area contributed by atoms with Gasteiger partial charge in [0.15, 0.2) is 6.10 Å². The van der Waals surface area contributed by atoms with E-state index in [2.05, 4.69) is 10.9 Å². The number of benzene rings is 1. The number of hydrogen-bond donors (Lipinski definition) is 3. The quantitative estimate of drug-likeness (QED) is 0.722. The van der Waals surface area contributed by atoms with Crippen molar-refractivity contribution in [2.75, 3.05) is 0 Å². The highest BCUT2D eigenvalue weighted by molar-refractivity contribution is 6.00. The molecule has 1 atom stereocenters. The number of carbonyl (C=O) groups excluding carboxylic acids is 2. The van der Waals surface area contributed by atoms with E-state index in [1.165, 1.54) is 12.1 Å². The van der Waals surface area contributed by atoms with E-state index in [1.54, 1.807) is 18.2 Å². The van der Waals surface area contributed by atoms with Crippen LogP contribution < -0.4 is 10.9 Å². The van der Waals surface area contributed by atoms with Gasteiger partial charge in [-0.25, -0.2) is 0 Å². The van der Waals surface area contributed by atoms with Gasteiger partial charge in [0.25, 0.3) is 11.7 Å². The molecule has 0 aliphatic heterocycles. The number of ketones is 1. The zero-order valence-corrected chi connectivity index (χ0v) is 12.0. The van der Waals surface area contributed by atoms with Gasteiger partial charge in [-0.05, 0) is 24.8 Å². The molecule has 0 aromatic heterocycles. The molecule has 1 amide bonds. The molecule has 0 saturated carbocycles. The maximum atomic E-state index is 12.5. The number of aliphatic hydroxyl groups is 1. The predicted molar refractivity (Wildman–Crippen MR) is 74.6 cm³/mol. The number of alkyl halides is 3. The Morgan fingerprint density at radius 1 is 1.13 bits per heavy atom. The van der Waals surface area contributed by atoms with Crippen molar-refractivity contribution in [1.82, 2.24) is 10.9 Å². The maximum absolute atomic E-state index is 12.5. The van der Waals surface area contributed by atoms with Crippen molar-refractivity contribution in [3.8, 4) is 0 Å². The third-order valence-electron chi connectivity index (χ3n) is 3.45. The molecular weight excluding hydrogens is 313 g/mol. The second-order valence-corrected chi connectivity index (χ2v) is 5.07. The highest BCUT2D eigenvalue weighted by Crippen LogP contribution is 2.30. The summed E-state index contributed by atoms with van der Waals surface area (Å²) in [4.78, 5) is 23.1. The van der Waals surface area contributed by atoms with Crippen molar-refractivity contribution >= 4 is 11.7 Å². The third-order valence-corrected chi connectivity index (χ3v) is 3.45. The fraction of sp³-hybridized carbons (Fsp3) is 0.333. The number of rotatable bonds is 5. The van der Waals surface area contributed by atoms with Gasteiger partial charge >= 0.3 is 6.18 Å². The zero-order valence-electron chi connectivity index (χ0n) is 12.0. The van der Waals surface area contributed by atoms with Gasteiger partial charge in [-0.3, -0.25) is 15.0 Å². The van der Waals surface area contributed by atoms with Crippen molar-refractivity contribution in [3.05, 3.63) is 47.2 Å². The van der Waals surface area contributed by atoms with Crippen LogP contribution in [0.25, 0.3) is 0 Å². The van der Waals surface area contributed by atoms with Gasteiger partial charge in [0.05, 0.1) is 0 Å². The molecule has 0 heterocycles. The molecule has 1 aromatic rings. The number of aliphatic hydroxyl groups excluding tert-OH is 1. The lowest BCUT2D eigenvalue weighted by Crippen LogP contribution is -2.40. The zero-order chi connectivity index (χ0) is 17.0. The van der Waals surface area contributed by atoms with Crippen LogP contribution in [0.3, 0.4) is 0 Å². The summed E-state index contributed by atoms with van der Waals surface area (Å²) < 4.78 is 37.5. The molecule has 0 bridgehead atoms. The van der Waals surface area contributed by atoms with Crippen molar-refractivity contribution in [2.45, 2.75) is 31.5 Å². The molecule has 0 radical (unpaired) electrons. The molecule has 8 heteroatoms. The lowest BCUT2D eigenvalue weighted by Gasteiger charge is -2.15. The number of Topliss-reactive ketones (excluding diaryl/α,β-unsaturated/α-hetero) is 1. The molecule has 0 unspecified atom stereocenters. The van der Waals surface area contributed by atoms with Gasteiger partial charge in [0, 0.05) is 11.3 Å². The minimum Gasteiger partial charge on any atom is -0.378 e. The molecule has 1 aliphatic carbocycles. The summed E-state index contributed by atoms with van der Waals surface area (Å²) in [5.41, 5.74) is 4.47. The number of halogens is 3. The number of hydrazine groups is 1. The molecule has 0 fully saturated rings. The Bertz CT molecular complexity index is 627. The fourth-order valence-electron chi connectivity index (χ4n) is 2.30. The van der Waals surface area contributed by atoms with Gasteiger partial charge in [0.2, 0.25) is 0 Å². The Labute approximate surface area is 130 Å². The van der Waals surface area contributed by atoms with E-state index in [0.717, 1.165) is 0 Å². The minimum atomic E-state index is -4.94. The Kier molecular flexibility index (Phi) is 5.05. The average molecular weight is 328 g/mol. The maximum Gasteiger partial charge on any atom is 0.454 e. The predicted octanol–water partition coefficient (Wildman–Crippen LogP) is 1.91. The van der Waals surface area contributed by atoms with E-state index in [0.29, 0.717) is 12.0 Å². The van der Waals surface area contributed by atoms with E-state index < -0.39 is 24.0 Å². The monoisotopic (exact) mass is 328 g/mol. The fourth-order valence-corrected chi connectivity index (χ4v) is 2.30. The first-order valence-electron chi connectivity index (χ1n) is 6.93. The first kappa shape index (κ1) is 17.0. The first-order valence-corrected chi connectivity index (χ1v) is 6.93. The standard InChI is InChI=1S/C15H15F3N2O3/c16-15(17,18)13(22)10-7-4-8-11(10)19-20-14(23)12(21)9-5-2-1-3-6-9/h1-3,5-6,12,19,21H,4,7-8H2,(H,20,23)/t12-/m0/s1. The summed E-state index contributed by atoms with van der Waals surface area (Å²) in [5, 5.41) is 9.85. The highest BCUT2D eigenvalue weighted by atomic mass is 19.4. The summed E-state index contributed by atoms with van der Waals surface area (Å²) in [6.07, 6.45) is -5.81. The average Bonchev–Trinajstić information content (AvgIpc) is 2.99. The SMILES string of the molecule is O=C(NNC1=C(C(=O)C(F)(F)F)CCC1)[C@@H](O)c1ccccc1. The molecule has 5 nitrogen and oxygen atoms in total. The Balaban J connectivity index is 2.02. The van der Waals surface area contributed by atoms with Crippen LogP contribution >= 0.6 is 0 Å². The van der Waals surface area contributed by atoms with Gasteiger partial charge in [-0.1, -0.05) is 30.3 Å². The summed E-state index contributed by atoms with van der Waals surface area (Å²) in [6.45, 7) is 0. The van der Waals surface area contributed by atoms with Crippen LogP contribution in [0.4, 0.5) is 13.2 Å².